The van der Waals surface area contributed by atoms with Crippen LogP contribution in [0.15, 0.2) is 71.6 Å². The predicted molar refractivity (Wildman–Crippen MR) is 139 cm³/mol. The highest BCUT2D eigenvalue weighted by atomic mass is 32.2. The van der Waals surface area contributed by atoms with Gasteiger partial charge in [0.25, 0.3) is 5.91 Å². The summed E-state index contributed by atoms with van der Waals surface area (Å²) in [6.45, 7) is -1.58. The van der Waals surface area contributed by atoms with Gasteiger partial charge in [-0.05, 0) is 59.7 Å². The lowest BCUT2D eigenvalue weighted by atomic mass is 10.0. The molecule has 12 heteroatoms. The van der Waals surface area contributed by atoms with Gasteiger partial charge in [-0.25, -0.2) is 17.2 Å². The molecule has 4 aromatic rings. The highest BCUT2D eigenvalue weighted by Gasteiger charge is 2.34. The van der Waals surface area contributed by atoms with Crippen molar-refractivity contribution in [3.8, 4) is 0 Å². The Morgan fingerprint density at radius 2 is 1.80 bits per heavy atom. The highest BCUT2D eigenvalue weighted by Crippen LogP contribution is 2.34. The van der Waals surface area contributed by atoms with Gasteiger partial charge in [-0.1, -0.05) is 18.2 Å². The molecule has 3 aromatic carbocycles. The van der Waals surface area contributed by atoms with Crippen LogP contribution in [0.3, 0.4) is 0 Å². The average molecular weight is 584 g/mol. The molecule has 0 bridgehead atoms. The fraction of sp³-hybridized carbons (Fsp3) is 0.250. The van der Waals surface area contributed by atoms with Crippen LogP contribution in [0.2, 0.25) is 0 Å². The van der Waals surface area contributed by atoms with Crippen molar-refractivity contribution < 1.29 is 44.4 Å². The molecule has 0 saturated heterocycles. The number of rotatable bonds is 9. The number of alkyl halides is 4. The van der Waals surface area contributed by atoms with E-state index in [1.54, 1.807) is 0 Å². The molecule has 212 valence electrons. The number of nitrogens with zero attached hydrogens (tertiary/aromatic N) is 1. The van der Waals surface area contributed by atoms with E-state index in [2.05, 4.69) is 5.32 Å². The lowest BCUT2D eigenvalue weighted by Gasteiger charge is -2.17. The van der Waals surface area contributed by atoms with Crippen LogP contribution in [0.5, 0.6) is 0 Å². The summed E-state index contributed by atoms with van der Waals surface area (Å²) in [6.07, 6.45) is -8.36. The van der Waals surface area contributed by atoms with Crippen molar-refractivity contribution in [3.05, 3.63) is 100 Å². The van der Waals surface area contributed by atoms with E-state index in [9.17, 15) is 40.3 Å². The molecular weight excluding hydrogens is 555 g/mol. The molecule has 1 heterocycles. The molecule has 0 radical (unpaired) electrons. The zero-order valence-electron chi connectivity index (χ0n) is 23.7. The summed E-state index contributed by atoms with van der Waals surface area (Å²) in [5.41, 5.74) is -0.207. The van der Waals surface area contributed by atoms with E-state index in [1.807, 2.05) is 0 Å². The number of sulfone groups is 1. The first-order valence-electron chi connectivity index (χ1n) is 13.4. The van der Waals surface area contributed by atoms with Crippen LogP contribution in [0.1, 0.15) is 42.9 Å². The summed E-state index contributed by atoms with van der Waals surface area (Å²) in [5.74, 6) is -1.70. The number of aromatic nitrogens is 1. The molecule has 1 atom stereocenters. The molecule has 40 heavy (non-hydrogen) atoms. The molecule has 4 rings (SSSR count). The van der Waals surface area contributed by atoms with Gasteiger partial charge in [0.2, 0.25) is 0 Å². The average Bonchev–Trinajstić information content (AvgIpc) is 3.27. The van der Waals surface area contributed by atoms with Crippen molar-refractivity contribution in [2.45, 2.75) is 30.1 Å². The number of amides is 1. The van der Waals surface area contributed by atoms with Gasteiger partial charge < -0.3 is 15.0 Å². The summed E-state index contributed by atoms with van der Waals surface area (Å²) in [5, 5.41) is 12.9. The molecule has 1 aromatic heterocycles. The van der Waals surface area contributed by atoms with E-state index in [0.29, 0.717) is 22.7 Å². The lowest BCUT2D eigenvalue weighted by molar-refractivity contribution is -0.138. The topological polar surface area (TPSA) is 88.4 Å². The highest BCUT2D eigenvalue weighted by molar-refractivity contribution is 7.90. The Kier molecular flexibility index (Phi) is 7.17. The number of hydrogen-bond acceptors (Lipinski definition) is 4. The molecule has 6 nitrogen and oxygen atoms in total. The summed E-state index contributed by atoms with van der Waals surface area (Å²) in [4.78, 5) is 12.6. The Bertz CT molecular complexity index is 1760. The maximum atomic E-state index is 13.6. The van der Waals surface area contributed by atoms with E-state index in [1.165, 1.54) is 41.0 Å². The smallest absolute Gasteiger partial charge is 0.394 e. The quantitative estimate of drug-likeness (QED) is 0.265. The second kappa shape index (κ2) is 11.4. The Morgan fingerprint density at radius 1 is 1.07 bits per heavy atom. The third kappa shape index (κ3) is 6.34. The predicted octanol–water partition coefficient (Wildman–Crippen LogP) is 5.23. The van der Waals surface area contributed by atoms with Crippen LogP contribution in [-0.4, -0.2) is 43.5 Å². The van der Waals surface area contributed by atoms with Crippen molar-refractivity contribution in [2.24, 2.45) is 0 Å². The molecule has 0 aliphatic carbocycles. The molecule has 0 unspecified atom stereocenters. The van der Waals surface area contributed by atoms with Crippen molar-refractivity contribution in [3.63, 3.8) is 0 Å². The molecule has 0 fully saturated rings. The number of aliphatic hydroxyl groups is 1. The van der Waals surface area contributed by atoms with Crippen LogP contribution < -0.4 is 5.32 Å². The number of aliphatic hydroxyl groups excluding tert-OH is 1. The number of aryl methyl sites for hydroxylation is 1. The van der Waals surface area contributed by atoms with Gasteiger partial charge in [0.15, 0.2) is 9.84 Å². The van der Waals surface area contributed by atoms with Gasteiger partial charge in [0, 0.05) is 38.9 Å². The Labute approximate surface area is 231 Å². The van der Waals surface area contributed by atoms with Gasteiger partial charge in [-0.15, -0.1) is 0 Å². The van der Waals surface area contributed by atoms with Crippen molar-refractivity contribution in [1.29, 1.82) is 0 Å². The minimum atomic E-state index is -4.81. The first kappa shape index (κ1) is 25.2. The Morgan fingerprint density at radius 3 is 2.42 bits per heavy atom. The lowest BCUT2D eigenvalue weighted by Crippen LogP contribution is -2.30. The van der Waals surface area contributed by atoms with E-state index < -0.39 is 63.7 Å². The Balaban J connectivity index is 1.61. The number of carbonyl (C=O) groups excluding carboxylic acids is 1. The Hall–Kier alpha value is -3.77. The first-order chi connectivity index (χ1) is 20.1. The maximum Gasteiger partial charge on any atom is 0.416 e. The molecule has 2 N–H and O–H groups in total. The van der Waals surface area contributed by atoms with Crippen LogP contribution in [0.25, 0.3) is 10.9 Å². The summed E-state index contributed by atoms with van der Waals surface area (Å²) in [7, 11) is -4.60. The summed E-state index contributed by atoms with van der Waals surface area (Å²) < 4.78 is 115. The van der Waals surface area contributed by atoms with E-state index in [4.69, 9.17) is 4.11 Å². The summed E-state index contributed by atoms with van der Waals surface area (Å²) in [6, 6.07) is 11.8. The van der Waals surface area contributed by atoms with Gasteiger partial charge in [0.1, 0.15) is 12.5 Å². The standard InChI is InChI=1S/C28H25F5N2O4S/c1-40(38,39)23-7-3-17(4-8-23)25(16-36)34-27(37)19-5-9-26-20(12-19)14-22(35(26)11-10-29)13-18-2-6-21(30)15-24(18)28(31,32)33/h2-9,12,14-15,25,36H,10-11,13,16H2,1H3,(H,34,37)/t25-/m0/s1/i1D3. The van der Waals surface area contributed by atoms with Crippen LogP contribution in [0, 0.1) is 5.82 Å². The molecule has 0 saturated carbocycles. The summed E-state index contributed by atoms with van der Waals surface area (Å²) >= 11 is 0. The minimum absolute atomic E-state index is 0.106. The number of halogens is 5. The number of benzene rings is 3. The molecule has 0 aliphatic rings. The number of nitrogens with one attached hydrogen (secondary N) is 1. The second-order valence-electron chi connectivity index (χ2n) is 9.01. The van der Waals surface area contributed by atoms with Gasteiger partial charge in [-0.3, -0.25) is 4.79 Å². The number of carbonyl (C=O) groups is 1. The van der Waals surface area contributed by atoms with Gasteiger partial charge >= 0.3 is 6.18 Å². The molecule has 1 amide bonds. The van der Waals surface area contributed by atoms with Gasteiger partial charge in [-0.2, -0.15) is 13.2 Å². The normalized spacial score (nSPS) is 14.4. The van der Waals surface area contributed by atoms with Crippen molar-refractivity contribution in [1.82, 2.24) is 9.88 Å². The molecular formula is C28H25F5N2O4S. The molecule has 0 spiro atoms. The maximum absolute atomic E-state index is 13.6. The zero-order valence-corrected chi connectivity index (χ0v) is 21.5. The third-order valence-electron chi connectivity index (χ3n) is 6.39. The first-order valence-corrected chi connectivity index (χ1v) is 13.3. The van der Waals surface area contributed by atoms with Crippen molar-refractivity contribution in [2.75, 3.05) is 19.5 Å². The zero-order chi connectivity index (χ0) is 31.7. The second-order valence-corrected chi connectivity index (χ2v) is 10.5. The van der Waals surface area contributed by atoms with E-state index >= 15 is 0 Å². The van der Waals surface area contributed by atoms with Gasteiger partial charge in [0.05, 0.1) is 29.7 Å². The SMILES string of the molecule is [2H]C([2H])([2H])S(=O)(=O)c1ccc([C@H](CO)NC(=O)c2ccc3c(c2)cc(Cc2ccc(F)cc2C(F)(F)F)n3CCF)cc1. The van der Waals surface area contributed by atoms with Crippen LogP contribution >= 0.6 is 0 Å². The third-order valence-corrected chi connectivity index (χ3v) is 7.28. The number of hydrogen-bond donors (Lipinski definition) is 2. The largest absolute Gasteiger partial charge is 0.416 e. The van der Waals surface area contributed by atoms with E-state index in [-0.39, 0.29) is 29.7 Å². The van der Waals surface area contributed by atoms with E-state index in [0.717, 1.165) is 24.3 Å². The monoisotopic (exact) mass is 583 g/mol. The fourth-order valence-corrected chi connectivity index (χ4v) is 4.98. The van der Waals surface area contributed by atoms with Crippen LogP contribution in [-0.2, 0) is 29.0 Å². The van der Waals surface area contributed by atoms with Crippen molar-refractivity contribution >= 4 is 26.6 Å². The number of fused-ring (bicyclic) bond motifs is 1. The fourth-order valence-electron chi connectivity index (χ4n) is 4.48. The van der Waals surface area contributed by atoms with Crippen LogP contribution in [0.4, 0.5) is 22.0 Å². The minimum Gasteiger partial charge on any atom is -0.394 e. The molecule has 0 aliphatic heterocycles.